The lowest BCUT2D eigenvalue weighted by molar-refractivity contribution is 0.265. The minimum Gasteiger partial charge on any atom is -0.495 e. The highest BCUT2D eigenvalue weighted by molar-refractivity contribution is 5.32. The van der Waals surface area contributed by atoms with Crippen LogP contribution in [0, 0.1) is 0 Å². The van der Waals surface area contributed by atoms with Crippen LogP contribution in [-0.2, 0) is 0 Å². The summed E-state index contributed by atoms with van der Waals surface area (Å²) in [5.74, 6) is 0.687. The van der Waals surface area contributed by atoms with Crippen LogP contribution >= 0.6 is 0 Å². The molecule has 4 heteroatoms. The van der Waals surface area contributed by atoms with Gasteiger partial charge in [0.05, 0.1) is 19.8 Å². The van der Waals surface area contributed by atoms with E-state index in [1.807, 2.05) is 0 Å². The average molecular weight is 156 g/mol. The summed E-state index contributed by atoms with van der Waals surface area (Å²) in [5.41, 5.74) is 6.37. The molecule has 0 fully saturated rings. The molecule has 0 aromatic carbocycles. The lowest BCUT2D eigenvalue weighted by atomic mass is 10.2. The van der Waals surface area contributed by atoms with Crippen molar-refractivity contribution in [1.82, 2.24) is 4.98 Å². The Balaban J connectivity index is 2.83. The predicted octanol–water partition coefficient (Wildman–Crippen LogP) is 0.0154. The molecule has 62 valence electrons. The Hall–Kier alpha value is -1.00. The first-order valence-electron chi connectivity index (χ1n) is 3.36. The molecule has 0 aliphatic rings. The van der Waals surface area contributed by atoms with Crippen molar-refractivity contribution in [3.63, 3.8) is 0 Å². The molecule has 0 saturated carbocycles. The lowest BCUT2D eigenvalue weighted by Gasteiger charge is -2.07. The van der Waals surface area contributed by atoms with E-state index in [9.17, 15) is 0 Å². The summed E-state index contributed by atoms with van der Waals surface area (Å²) in [7, 11) is 1.57. The maximum Gasteiger partial charge on any atom is 0.141 e. The molecular weight excluding hydrogens is 144 g/mol. The third-order valence-corrected chi connectivity index (χ3v) is 1.55. The minimum absolute atomic E-state index is 0.0752. The average Bonchev–Trinajstić information content (AvgIpc) is 2.50. The van der Waals surface area contributed by atoms with E-state index in [0.29, 0.717) is 5.75 Å². The van der Waals surface area contributed by atoms with Gasteiger partial charge in [-0.15, -0.1) is 0 Å². The van der Waals surface area contributed by atoms with Gasteiger partial charge in [-0.1, -0.05) is 0 Å². The summed E-state index contributed by atoms with van der Waals surface area (Å²) < 4.78 is 4.99. The molecule has 0 aliphatic carbocycles. The minimum atomic E-state index is -0.365. The number of aliphatic hydroxyl groups is 1. The van der Waals surface area contributed by atoms with Crippen LogP contribution in [0.3, 0.4) is 0 Å². The first-order chi connectivity index (χ1) is 5.29. The van der Waals surface area contributed by atoms with Gasteiger partial charge in [0.2, 0.25) is 0 Å². The largest absolute Gasteiger partial charge is 0.495 e. The molecular formula is C7H12N2O2. The Kier molecular flexibility index (Phi) is 2.51. The standard InChI is InChI=1S/C7H12N2O2/c1-11-7-3-9-2-5(7)6(8)4-10/h2-3,6,9-10H,4,8H2,1H3. The molecule has 0 spiro atoms. The summed E-state index contributed by atoms with van der Waals surface area (Å²) in [5, 5.41) is 8.73. The first kappa shape index (κ1) is 8.10. The number of nitrogens with two attached hydrogens (primary N) is 1. The van der Waals surface area contributed by atoms with Crippen LogP contribution in [-0.4, -0.2) is 23.8 Å². The smallest absolute Gasteiger partial charge is 0.141 e. The van der Waals surface area contributed by atoms with E-state index in [0.717, 1.165) is 5.56 Å². The SMILES string of the molecule is COc1c[nH]cc1C(N)CO. The fourth-order valence-corrected chi connectivity index (χ4v) is 0.926. The fourth-order valence-electron chi connectivity index (χ4n) is 0.926. The topological polar surface area (TPSA) is 71.3 Å². The lowest BCUT2D eigenvalue weighted by Crippen LogP contribution is -2.14. The highest BCUT2D eigenvalue weighted by Gasteiger charge is 2.10. The zero-order chi connectivity index (χ0) is 8.27. The molecule has 0 aliphatic heterocycles. The van der Waals surface area contributed by atoms with E-state index < -0.39 is 0 Å². The summed E-state index contributed by atoms with van der Waals surface area (Å²) >= 11 is 0. The Morgan fingerprint density at radius 3 is 3.00 bits per heavy atom. The number of H-pyrrole nitrogens is 1. The molecule has 0 bridgehead atoms. The van der Waals surface area contributed by atoms with Crippen LogP contribution in [0.5, 0.6) is 5.75 Å². The normalized spacial score (nSPS) is 13.0. The number of aromatic amines is 1. The van der Waals surface area contributed by atoms with Gasteiger partial charge in [0, 0.05) is 18.0 Å². The number of aromatic nitrogens is 1. The van der Waals surface area contributed by atoms with E-state index in [-0.39, 0.29) is 12.6 Å². The fraction of sp³-hybridized carbons (Fsp3) is 0.429. The second-order valence-electron chi connectivity index (χ2n) is 2.27. The summed E-state index contributed by atoms with van der Waals surface area (Å²) in [6.07, 6.45) is 3.42. The quantitative estimate of drug-likeness (QED) is 0.577. The number of ether oxygens (including phenoxy) is 1. The van der Waals surface area contributed by atoms with Gasteiger partial charge in [0.1, 0.15) is 5.75 Å². The molecule has 1 unspecified atom stereocenters. The van der Waals surface area contributed by atoms with Crippen LogP contribution in [0.2, 0.25) is 0 Å². The molecule has 4 nitrogen and oxygen atoms in total. The maximum absolute atomic E-state index is 8.73. The van der Waals surface area contributed by atoms with Crippen LogP contribution in [0.4, 0.5) is 0 Å². The van der Waals surface area contributed by atoms with Crippen molar-refractivity contribution in [3.8, 4) is 5.75 Å². The van der Waals surface area contributed by atoms with Gasteiger partial charge in [0.15, 0.2) is 0 Å². The molecule has 1 aromatic rings. The third kappa shape index (κ3) is 1.53. The van der Waals surface area contributed by atoms with Crippen LogP contribution in [0.25, 0.3) is 0 Å². The zero-order valence-corrected chi connectivity index (χ0v) is 6.37. The second-order valence-corrected chi connectivity index (χ2v) is 2.27. The van der Waals surface area contributed by atoms with Crippen LogP contribution in [0.15, 0.2) is 12.4 Å². The van der Waals surface area contributed by atoms with E-state index in [1.165, 1.54) is 0 Å². The summed E-state index contributed by atoms with van der Waals surface area (Å²) in [6, 6.07) is -0.365. The predicted molar refractivity (Wildman–Crippen MR) is 41.4 cm³/mol. The van der Waals surface area contributed by atoms with Crippen LogP contribution < -0.4 is 10.5 Å². The van der Waals surface area contributed by atoms with Crippen molar-refractivity contribution in [3.05, 3.63) is 18.0 Å². The van der Waals surface area contributed by atoms with Gasteiger partial charge in [-0.3, -0.25) is 0 Å². The van der Waals surface area contributed by atoms with Crippen molar-refractivity contribution in [2.75, 3.05) is 13.7 Å². The van der Waals surface area contributed by atoms with E-state index >= 15 is 0 Å². The molecule has 1 atom stereocenters. The molecule has 4 N–H and O–H groups in total. The van der Waals surface area contributed by atoms with E-state index in [2.05, 4.69) is 4.98 Å². The number of aliphatic hydroxyl groups excluding tert-OH is 1. The second kappa shape index (κ2) is 3.41. The van der Waals surface area contributed by atoms with Crippen molar-refractivity contribution in [1.29, 1.82) is 0 Å². The number of hydrogen-bond donors (Lipinski definition) is 3. The number of nitrogens with one attached hydrogen (secondary N) is 1. The van der Waals surface area contributed by atoms with Gasteiger partial charge in [-0.2, -0.15) is 0 Å². The Morgan fingerprint density at radius 1 is 1.73 bits per heavy atom. The van der Waals surface area contributed by atoms with Crippen molar-refractivity contribution < 1.29 is 9.84 Å². The van der Waals surface area contributed by atoms with Gasteiger partial charge in [-0.05, 0) is 0 Å². The highest BCUT2D eigenvalue weighted by Crippen LogP contribution is 2.21. The Bertz CT molecular complexity index is 222. The molecule has 11 heavy (non-hydrogen) atoms. The van der Waals surface area contributed by atoms with Crippen molar-refractivity contribution >= 4 is 0 Å². The van der Waals surface area contributed by atoms with Gasteiger partial charge in [-0.25, -0.2) is 0 Å². The first-order valence-corrected chi connectivity index (χ1v) is 3.36. The van der Waals surface area contributed by atoms with Gasteiger partial charge in [0.25, 0.3) is 0 Å². The van der Waals surface area contributed by atoms with Crippen molar-refractivity contribution in [2.24, 2.45) is 5.73 Å². The summed E-state index contributed by atoms with van der Waals surface area (Å²) in [6.45, 7) is -0.0752. The van der Waals surface area contributed by atoms with Gasteiger partial charge >= 0.3 is 0 Å². The third-order valence-electron chi connectivity index (χ3n) is 1.55. The van der Waals surface area contributed by atoms with E-state index in [1.54, 1.807) is 19.5 Å². The highest BCUT2D eigenvalue weighted by atomic mass is 16.5. The zero-order valence-electron chi connectivity index (χ0n) is 6.37. The van der Waals surface area contributed by atoms with Crippen molar-refractivity contribution in [2.45, 2.75) is 6.04 Å². The van der Waals surface area contributed by atoms with E-state index in [4.69, 9.17) is 15.6 Å². The molecule has 1 heterocycles. The monoisotopic (exact) mass is 156 g/mol. The maximum atomic E-state index is 8.73. The number of methoxy groups -OCH3 is 1. The Morgan fingerprint density at radius 2 is 2.45 bits per heavy atom. The Labute approximate surface area is 65.0 Å². The molecule has 0 amide bonds. The number of hydrogen-bond acceptors (Lipinski definition) is 3. The number of rotatable bonds is 3. The molecule has 0 saturated heterocycles. The summed E-state index contributed by atoms with van der Waals surface area (Å²) in [4.78, 5) is 2.85. The van der Waals surface area contributed by atoms with Gasteiger partial charge < -0.3 is 20.6 Å². The molecule has 1 aromatic heterocycles. The molecule has 1 rings (SSSR count). The van der Waals surface area contributed by atoms with Crippen LogP contribution in [0.1, 0.15) is 11.6 Å². The molecule has 0 radical (unpaired) electrons.